The Morgan fingerprint density at radius 2 is 1.75 bits per heavy atom. The van der Waals surface area contributed by atoms with Crippen LogP contribution in [0.25, 0.3) is 5.69 Å². The summed E-state index contributed by atoms with van der Waals surface area (Å²) in [4.78, 5) is 14.1. The zero-order chi connectivity index (χ0) is 23.1. The first-order chi connectivity index (χ1) is 15.1. The van der Waals surface area contributed by atoms with Crippen molar-refractivity contribution in [3.63, 3.8) is 0 Å². The molecule has 1 amide bonds. The molecule has 3 heterocycles. The maximum Gasteiger partial charge on any atom is 0.418 e. The Morgan fingerprint density at radius 1 is 1.06 bits per heavy atom. The number of halogens is 3. The van der Waals surface area contributed by atoms with Crippen molar-refractivity contribution < 1.29 is 31.5 Å². The van der Waals surface area contributed by atoms with Crippen LogP contribution in [0.5, 0.6) is 5.75 Å². The van der Waals surface area contributed by atoms with Crippen molar-refractivity contribution in [1.29, 1.82) is 0 Å². The third-order valence-corrected chi connectivity index (χ3v) is 8.24. The Morgan fingerprint density at radius 3 is 2.38 bits per heavy atom. The van der Waals surface area contributed by atoms with E-state index in [1.54, 1.807) is 11.4 Å². The molecule has 0 unspecified atom stereocenters. The van der Waals surface area contributed by atoms with Crippen LogP contribution in [-0.2, 0) is 16.2 Å². The molecule has 1 aliphatic rings. The third-order valence-electron chi connectivity index (χ3n) is 4.97. The first-order valence-electron chi connectivity index (χ1n) is 9.37. The molecule has 0 saturated carbocycles. The first kappa shape index (κ1) is 22.3. The number of piperazine rings is 1. The molecule has 1 aromatic carbocycles. The highest BCUT2D eigenvalue weighted by molar-refractivity contribution is 7.91. The lowest BCUT2D eigenvalue weighted by Gasteiger charge is -2.33. The minimum absolute atomic E-state index is 0.0460. The second-order valence-electron chi connectivity index (χ2n) is 6.95. The maximum atomic E-state index is 13.3. The number of alkyl halides is 3. The van der Waals surface area contributed by atoms with Crippen LogP contribution in [0, 0.1) is 0 Å². The number of nitrogens with zero attached hydrogens (tertiary/aromatic N) is 4. The number of hydrogen-bond donors (Lipinski definition) is 1. The summed E-state index contributed by atoms with van der Waals surface area (Å²) >= 11 is 1.10. The number of para-hydroxylation sites is 1. The van der Waals surface area contributed by atoms with Crippen molar-refractivity contribution in [1.82, 2.24) is 19.0 Å². The van der Waals surface area contributed by atoms with E-state index in [4.69, 9.17) is 0 Å². The SMILES string of the molecule is O=C(c1nn(-c2ccccc2C(F)(F)F)cc1O)N1CCN(S(=O)(=O)c2cccs2)CC1. The number of benzene rings is 1. The smallest absolute Gasteiger partial charge is 0.418 e. The lowest BCUT2D eigenvalue weighted by molar-refractivity contribution is -0.137. The first-order valence-corrected chi connectivity index (χ1v) is 11.7. The van der Waals surface area contributed by atoms with Crippen molar-refractivity contribution >= 4 is 27.3 Å². The fraction of sp³-hybridized carbons (Fsp3) is 0.263. The van der Waals surface area contributed by atoms with Crippen LogP contribution < -0.4 is 0 Å². The highest BCUT2D eigenvalue weighted by atomic mass is 32.2. The molecule has 1 fully saturated rings. The predicted molar refractivity (Wildman–Crippen MR) is 109 cm³/mol. The van der Waals surface area contributed by atoms with E-state index in [9.17, 15) is 31.5 Å². The summed E-state index contributed by atoms with van der Waals surface area (Å²) < 4.78 is 67.4. The summed E-state index contributed by atoms with van der Waals surface area (Å²) in [5.41, 5.74) is -1.70. The van der Waals surface area contributed by atoms with E-state index in [1.165, 1.54) is 33.5 Å². The molecule has 2 aromatic heterocycles. The van der Waals surface area contributed by atoms with Gasteiger partial charge in [0.2, 0.25) is 0 Å². The summed E-state index contributed by atoms with van der Waals surface area (Å²) in [6.45, 7) is 0.193. The number of hydrogen-bond acceptors (Lipinski definition) is 6. The summed E-state index contributed by atoms with van der Waals surface area (Å²) in [6, 6.07) is 7.80. The molecule has 1 aliphatic heterocycles. The van der Waals surface area contributed by atoms with Crippen LogP contribution >= 0.6 is 11.3 Å². The van der Waals surface area contributed by atoms with Crippen molar-refractivity contribution in [3.05, 3.63) is 59.2 Å². The standard InChI is InChI=1S/C19H17F3N4O4S2/c20-19(21,22)13-4-1-2-5-14(13)26-12-15(27)17(23-26)18(28)24-7-9-25(10-8-24)32(29,30)16-6-3-11-31-16/h1-6,11-12,27H,7-10H2. The number of aromatic hydroxyl groups is 1. The Hall–Kier alpha value is -2.90. The zero-order valence-corrected chi connectivity index (χ0v) is 18.0. The van der Waals surface area contributed by atoms with Gasteiger partial charge >= 0.3 is 6.18 Å². The van der Waals surface area contributed by atoms with Gasteiger partial charge in [0.1, 0.15) is 4.21 Å². The van der Waals surface area contributed by atoms with Crippen LogP contribution in [0.3, 0.4) is 0 Å². The monoisotopic (exact) mass is 486 g/mol. The largest absolute Gasteiger partial charge is 0.504 e. The van der Waals surface area contributed by atoms with E-state index in [-0.39, 0.29) is 36.1 Å². The highest BCUT2D eigenvalue weighted by Crippen LogP contribution is 2.34. The molecule has 0 bridgehead atoms. The summed E-state index contributed by atoms with van der Waals surface area (Å²) in [5.74, 6) is -1.26. The number of carbonyl (C=O) groups is 1. The quantitative estimate of drug-likeness (QED) is 0.612. The lowest BCUT2D eigenvalue weighted by Crippen LogP contribution is -2.50. The number of aromatic nitrogens is 2. The van der Waals surface area contributed by atoms with Gasteiger partial charge < -0.3 is 10.0 Å². The van der Waals surface area contributed by atoms with Gasteiger partial charge in [-0.3, -0.25) is 4.79 Å². The van der Waals surface area contributed by atoms with Crippen LogP contribution in [0.2, 0.25) is 0 Å². The number of carbonyl (C=O) groups excluding carboxylic acids is 1. The molecule has 0 radical (unpaired) electrons. The van der Waals surface area contributed by atoms with Gasteiger partial charge in [-0.15, -0.1) is 11.3 Å². The molecule has 1 saturated heterocycles. The number of rotatable bonds is 4. The zero-order valence-electron chi connectivity index (χ0n) is 16.4. The molecule has 0 atom stereocenters. The van der Waals surface area contributed by atoms with Crippen molar-refractivity contribution in [2.75, 3.05) is 26.2 Å². The maximum absolute atomic E-state index is 13.3. The molecular formula is C19H17F3N4O4S2. The molecule has 3 aromatic rings. The number of sulfonamides is 1. The molecule has 0 aliphatic carbocycles. The fourth-order valence-electron chi connectivity index (χ4n) is 3.37. The molecule has 8 nitrogen and oxygen atoms in total. The number of thiophene rings is 1. The average molecular weight is 486 g/mol. The number of amides is 1. The van der Waals surface area contributed by atoms with Gasteiger partial charge in [0.05, 0.1) is 17.4 Å². The summed E-state index contributed by atoms with van der Waals surface area (Å²) in [7, 11) is -3.65. The van der Waals surface area contributed by atoms with Crippen LogP contribution in [-0.4, -0.2) is 64.6 Å². The normalized spacial score (nSPS) is 15.8. The van der Waals surface area contributed by atoms with Crippen LogP contribution in [0.1, 0.15) is 16.1 Å². The van der Waals surface area contributed by atoms with E-state index in [0.717, 1.165) is 28.3 Å². The second-order valence-corrected chi connectivity index (χ2v) is 10.1. The van der Waals surface area contributed by atoms with E-state index >= 15 is 0 Å². The van der Waals surface area contributed by atoms with Crippen molar-refractivity contribution in [2.24, 2.45) is 0 Å². The van der Waals surface area contributed by atoms with Gasteiger partial charge in [0.25, 0.3) is 15.9 Å². The van der Waals surface area contributed by atoms with Crippen LogP contribution in [0.15, 0.2) is 52.2 Å². The summed E-state index contributed by atoms with van der Waals surface area (Å²) in [5, 5.41) is 15.7. The van der Waals surface area contributed by atoms with Gasteiger partial charge in [-0.2, -0.15) is 22.6 Å². The van der Waals surface area contributed by atoms with Crippen LogP contribution in [0.4, 0.5) is 13.2 Å². The topological polar surface area (TPSA) is 95.7 Å². The second kappa shape index (κ2) is 8.22. The van der Waals surface area contributed by atoms with E-state index in [1.807, 2.05) is 0 Å². The average Bonchev–Trinajstić information content (AvgIpc) is 3.43. The van der Waals surface area contributed by atoms with Crippen molar-refractivity contribution in [2.45, 2.75) is 10.4 Å². The van der Waals surface area contributed by atoms with E-state index in [2.05, 4.69) is 5.10 Å². The van der Waals surface area contributed by atoms with Gasteiger partial charge in [-0.1, -0.05) is 18.2 Å². The highest BCUT2D eigenvalue weighted by Gasteiger charge is 2.35. The Kier molecular flexibility index (Phi) is 5.73. The Bertz CT molecular complexity index is 1230. The van der Waals surface area contributed by atoms with Gasteiger partial charge in [-0.25, -0.2) is 13.1 Å². The van der Waals surface area contributed by atoms with Gasteiger partial charge in [0.15, 0.2) is 11.4 Å². The molecular weight excluding hydrogens is 469 g/mol. The van der Waals surface area contributed by atoms with E-state index < -0.39 is 39.1 Å². The molecule has 13 heteroatoms. The minimum atomic E-state index is -4.65. The third kappa shape index (κ3) is 4.10. The molecule has 4 rings (SSSR count). The molecule has 0 spiro atoms. The van der Waals surface area contributed by atoms with E-state index in [0.29, 0.717) is 0 Å². The van der Waals surface area contributed by atoms with Gasteiger partial charge in [0, 0.05) is 26.2 Å². The Balaban J connectivity index is 1.52. The van der Waals surface area contributed by atoms with Crippen molar-refractivity contribution in [3.8, 4) is 11.4 Å². The molecule has 32 heavy (non-hydrogen) atoms. The molecule has 1 N–H and O–H groups in total. The predicted octanol–water partition coefficient (Wildman–Crippen LogP) is 2.80. The fourth-order valence-corrected chi connectivity index (χ4v) is 5.94. The molecule has 170 valence electrons. The Labute approximate surface area is 185 Å². The minimum Gasteiger partial charge on any atom is -0.504 e. The lowest BCUT2D eigenvalue weighted by atomic mass is 10.2. The van der Waals surface area contributed by atoms with Gasteiger partial charge in [-0.05, 0) is 23.6 Å². The summed E-state index contributed by atoms with van der Waals surface area (Å²) in [6.07, 6.45) is -3.71.